The summed E-state index contributed by atoms with van der Waals surface area (Å²) in [6.07, 6.45) is 30.0. The fourth-order valence-electron chi connectivity index (χ4n) is 10.1. The van der Waals surface area contributed by atoms with Crippen LogP contribution < -0.4 is 18.9 Å². The Balaban J connectivity index is 1.23. The summed E-state index contributed by atoms with van der Waals surface area (Å²) in [6, 6.07) is 44.4. The Labute approximate surface area is 440 Å². The molecule has 0 amide bonds. The molecule has 0 unspecified atom stereocenters. The van der Waals surface area contributed by atoms with Crippen molar-refractivity contribution in [3.05, 3.63) is 121 Å². The molecule has 0 spiro atoms. The summed E-state index contributed by atoms with van der Waals surface area (Å²) >= 11 is 0. The van der Waals surface area contributed by atoms with Crippen LogP contribution in [0.1, 0.15) is 182 Å². The summed E-state index contributed by atoms with van der Waals surface area (Å²) in [4.78, 5) is 4.03. The molecule has 0 atom stereocenters. The molecule has 5 heteroatoms. The number of benzene rings is 6. The van der Waals surface area contributed by atoms with Gasteiger partial charge >= 0.3 is 0 Å². The van der Waals surface area contributed by atoms with Gasteiger partial charge in [0, 0.05) is 21.9 Å². The molecule has 0 fully saturated rings. The first-order valence-electron chi connectivity index (χ1n) is 29.1. The first-order chi connectivity index (χ1) is 36.1. The molecule has 0 saturated carbocycles. The van der Waals surface area contributed by atoms with Gasteiger partial charge in [0.05, 0.1) is 37.5 Å². The van der Waals surface area contributed by atoms with Crippen molar-refractivity contribution in [2.45, 2.75) is 182 Å². The predicted molar refractivity (Wildman–Crippen MR) is 313 cm³/mol. The van der Waals surface area contributed by atoms with Crippen molar-refractivity contribution in [2.75, 3.05) is 26.4 Å². The zero-order chi connectivity index (χ0) is 50.7. The molecule has 7 aromatic rings. The van der Waals surface area contributed by atoms with Crippen LogP contribution in [0.2, 0.25) is 0 Å². The number of unbranched alkanes of at least 4 members (excludes halogenated alkanes) is 20. The quantitative estimate of drug-likeness (QED) is 0.0398. The van der Waals surface area contributed by atoms with Crippen LogP contribution in [0, 0.1) is 0 Å². The van der Waals surface area contributed by atoms with E-state index in [2.05, 4.69) is 154 Å². The summed E-state index contributed by atoms with van der Waals surface area (Å²) in [5, 5.41) is 2.38. The van der Waals surface area contributed by atoms with E-state index in [1.807, 2.05) is 0 Å². The van der Waals surface area contributed by atoms with Crippen molar-refractivity contribution in [3.63, 3.8) is 0 Å². The highest BCUT2D eigenvalue weighted by Gasteiger charge is 2.18. The standard InChI is InChI=1S/C68H89NO4/c1-5-9-13-17-21-25-45-70-59-37-29-53(30-38-59)57-49-63(55-33-41-61(42-34-55)72-47-27-23-19-15-11-7-3)67-65(51-57)66-52-58(54-31-39-60(40-32-54)71-46-26-22-18-14-10-6-2)50-64(68(66)69-67)56-35-43-62(44-36-56)73-48-28-24-20-16-12-8-4/h29-44,49-52,69H,5-28,45-48H2,1-4H3. The SMILES string of the molecule is CCCCCCCCOc1ccc(-c2cc(-c3ccc(OCCCCCCCC)cc3)c3[nH]c4c(-c5ccc(OCCCCCCCC)cc5)cc(-c5ccc(OCCCCCCCC)cc5)cc4c3c2)cc1. The number of hydrogen-bond acceptors (Lipinski definition) is 4. The van der Waals surface area contributed by atoms with Gasteiger partial charge in [-0.2, -0.15) is 0 Å². The van der Waals surface area contributed by atoms with E-state index >= 15 is 0 Å². The van der Waals surface area contributed by atoms with Crippen LogP contribution in [0.25, 0.3) is 66.3 Å². The van der Waals surface area contributed by atoms with Crippen LogP contribution in [0.15, 0.2) is 121 Å². The summed E-state index contributed by atoms with van der Waals surface area (Å²) in [7, 11) is 0. The van der Waals surface area contributed by atoms with Gasteiger partial charge in [0.15, 0.2) is 0 Å². The number of aromatic nitrogens is 1. The average molecular weight is 984 g/mol. The van der Waals surface area contributed by atoms with Gasteiger partial charge in [0.25, 0.3) is 0 Å². The Morgan fingerprint density at radius 1 is 0.260 bits per heavy atom. The van der Waals surface area contributed by atoms with Crippen LogP contribution in [0.3, 0.4) is 0 Å². The molecule has 73 heavy (non-hydrogen) atoms. The third-order valence-corrected chi connectivity index (χ3v) is 14.6. The first-order valence-corrected chi connectivity index (χ1v) is 29.1. The van der Waals surface area contributed by atoms with Gasteiger partial charge in [-0.25, -0.2) is 0 Å². The molecular weight excluding hydrogens is 895 g/mol. The molecule has 1 heterocycles. The zero-order valence-corrected chi connectivity index (χ0v) is 45.5. The van der Waals surface area contributed by atoms with Crippen LogP contribution in [-0.4, -0.2) is 31.4 Å². The van der Waals surface area contributed by atoms with Crippen molar-refractivity contribution in [1.29, 1.82) is 0 Å². The zero-order valence-electron chi connectivity index (χ0n) is 45.5. The topological polar surface area (TPSA) is 52.7 Å². The Kier molecular flexibility index (Phi) is 23.5. The predicted octanol–water partition coefficient (Wildman–Crippen LogP) is 20.9. The second-order valence-electron chi connectivity index (χ2n) is 20.6. The van der Waals surface area contributed by atoms with E-state index in [0.29, 0.717) is 0 Å². The van der Waals surface area contributed by atoms with Gasteiger partial charge in [-0.3, -0.25) is 0 Å². The van der Waals surface area contributed by atoms with Crippen LogP contribution >= 0.6 is 0 Å². The smallest absolute Gasteiger partial charge is 0.119 e. The van der Waals surface area contributed by atoms with E-state index in [9.17, 15) is 0 Å². The van der Waals surface area contributed by atoms with Crippen molar-refractivity contribution >= 4 is 21.8 Å². The molecule has 0 aliphatic heterocycles. The third-order valence-electron chi connectivity index (χ3n) is 14.6. The van der Waals surface area contributed by atoms with Gasteiger partial charge < -0.3 is 23.9 Å². The Morgan fingerprint density at radius 2 is 0.507 bits per heavy atom. The molecule has 5 nitrogen and oxygen atoms in total. The molecule has 0 radical (unpaired) electrons. The van der Waals surface area contributed by atoms with Crippen LogP contribution in [0.4, 0.5) is 0 Å². The van der Waals surface area contributed by atoms with E-state index in [-0.39, 0.29) is 0 Å². The number of nitrogens with one attached hydrogen (secondary N) is 1. The minimum Gasteiger partial charge on any atom is -0.494 e. The molecule has 0 saturated heterocycles. The molecule has 1 aromatic heterocycles. The first kappa shape index (κ1) is 55.1. The lowest BCUT2D eigenvalue weighted by molar-refractivity contribution is 0.304. The van der Waals surface area contributed by atoms with E-state index in [1.54, 1.807) is 0 Å². The van der Waals surface area contributed by atoms with Crippen molar-refractivity contribution in [3.8, 4) is 67.5 Å². The number of rotatable bonds is 36. The lowest BCUT2D eigenvalue weighted by atomic mass is 9.93. The van der Waals surface area contributed by atoms with Gasteiger partial charge in [-0.1, -0.05) is 205 Å². The van der Waals surface area contributed by atoms with Crippen molar-refractivity contribution in [1.82, 2.24) is 4.98 Å². The monoisotopic (exact) mass is 984 g/mol. The molecule has 7 rings (SSSR count). The highest BCUT2D eigenvalue weighted by Crippen LogP contribution is 2.43. The van der Waals surface area contributed by atoms with E-state index in [4.69, 9.17) is 18.9 Å². The molecule has 390 valence electrons. The Bertz CT molecular complexity index is 2430. The molecular formula is C68H89NO4. The number of hydrogen-bond donors (Lipinski definition) is 1. The molecule has 6 aromatic carbocycles. The number of fused-ring (bicyclic) bond motifs is 3. The number of ether oxygens (including phenoxy) is 4. The summed E-state index contributed by atoms with van der Waals surface area (Å²) in [6.45, 7) is 12.1. The summed E-state index contributed by atoms with van der Waals surface area (Å²) < 4.78 is 25.1. The second kappa shape index (κ2) is 31.1. The van der Waals surface area contributed by atoms with Gasteiger partial charge in [-0.15, -0.1) is 0 Å². The number of aromatic amines is 1. The molecule has 0 aliphatic carbocycles. The Hall–Kier alpha value is -5.68. The maximum absolute atomic E-state index is 6.29. The lowest BCUT2D eigenvalue weighted by Gasteiger charge is -2.12. The lowest BCUT2D eigenvalue weighted by Crippen LogP contribution is -1.97. The fourth-order valence-corrected chi connectivity index (χ4v) is 10.1. The van der Waals surface area contributed by atoms with Crippen LogP contribution in [0.5, 0.6) is 23.0 Å². The largest absolute Gasteiger partial charge is 0.494 e. The minimum atomic E-state index is 0.748. The summed E-state index contributed by atoms with van der Waals surface area (Å²) in [5.41, 5.74) is 11.5. The minimum absolute atomic E-state index is 0.748. The van der Waals surface area contributed by atoms with E-state index in [0.717, 1.165) is 120 Å². The Morgan fingerprint density at radius 3 is 0.781 bits per heavy atom. The maximum atomic E-state index is 6.29. The number of H-pyrrole nitrogens is 1. The van der Waals surface area contributed by atoms with Gasteiger partial charge in [0.1, 0.15) is 23.0 Å². The van der Waals surface area contributed by atoms with Crippen molar-refractivity contribution < 1.29 is 18.9 Å². The van der Waals surface area contributed by atoms with Crippen molar-refractivity contribution in [2.24, 2.45) is 0 Å². The van der Waals surface area contributed by atoms with Gasteiger partial charge in [-0.05, 0) is 132 Å². The third kappa shape index (κ3) is 17.2. The maximum Gasteiger partial charge on any atom is 0.119 e. The normalized spacial score (nSPS) is 11.5. The molecule has 1 N–H and O–H groups in total. The summed E-state index contributed by atoms with van der Waals surface area (Å²) in [5.74, 6) is 3.69. The molecule has 0 aliphatic rings. The van der Waals surface area contributed by atoms with Gasteiger partial charge in [0.2, 0.25) is 0 Å². The van der Waals surface area contributed by atoms with E-state index in [1.165, 1.54) is 150 Å². The molecule has 0 bridgehead atoms. The average Bonchev–Trinajstić information content (AvgIpc) is 3.81. The fraction of sp³-hybridized carbons (Fsp3) is 0.471. The highest BCUT2D eigenvalue weighted by molar-refractivity contribution is 6.17. The highest BCUT2D eigenvalue weighted by atomic mass is 16.5. The van der Waals surface area contributed by atoms with Crippen LogP contribution in [-0.2, 0) is 0 Å². The second-order valence-corrected chi connectivity index (χ2v) is 20.6. The van der Waals surface area contributed by atoms with E-state index < -0.39 is 0 Å².